The number of halogens is 1. The lowest BCUT2D eigenvalue weighted by atomic mass is 10.0. The van der Waals surface area contributed by atoms with Crippen LogP contribution in [0.15, 0.2) is 46.9 Å². The number of hydrogen-bond acceptors (Lipinski definition) is 7. The number of aliphatic hydroxyl groups excluding tert-OH is 1. The minimum Gasteiger partial charge on any atom is -0.493 e. The normalized spacial score (nSPS) is 11.4. The van der Waals surface area contributed by atoms with E-state index in [1.165, 1.54) is 36.6 Å². The number of rotatable bonds is 12. The van der Waals surface area contributed by atoms with E-state index in [2.05, 4.69) is 22.8 Å². The van der Waals surface area contributed by atoms with Gasteiger partial charge in [-0.3, -0.25) is 9.59 Å². The zero-order valence-corrected chi connectivity index (χ0v) is 20.4. The Kier molecular flexibility index (Phi) is 9.56. The number of benzene rings is 2. The molecular weight excluding hydrogens is 473 g/mol. The Hall–Kier alpha value is -3.50. The van der Waals surface area contributed by atoms with E-state index in [9.17, 15) is 14.0 Å². The van der Waals surface area contributed by atoms with Crippen LogP contribution in [-0.2, 0) is 4.79 Å². The van der Waals surface area contributed by atoms with Crippen molar-refractivity contribution in [1.82, 2.24) is 10.7 Å². The van der Waals surface area contributed by atoms with Gasteiger partial charge < -0.3 is 19.9 Å². The molecule has 0 bridgehead atoms. The summed E-state index contributed by atoms with van der Waals surface area (Å²) in [5.41, 5.74) is 4.23. The molecular formula is C25H28FN3O5S. The van der Waals surface area contributed by atoms with Crippen molar-refractivity contribution in [2.75, 3.05) is 26.9 Å². The first-order valence-electron chi connectivity index (χ1n) is 11.2. The first-order chi connectivity index (χ1) is 17.0. The first-order valence-corrected chi connectivity index (χ1v) is 12.1. The van der Waals surface area contributed by atoms with Gasteiger partial charge in [0.2, 0.25) is 0 Å². The van der Waals surface area contributed by atoms with E-state index < -0.39 is 11.8 Å². The second-order valence-corrected chi connectivity index (χ2v) is 8.46. The molecule has 0 aliphatic heterocycles. The Morgan fingerprint density at radius 1 is 1.20 bits per heavy atom. The molecule has 0 saturated carbocycles. The van der Waals surface area contributed by atoms with Crippen LogP contribution in [0.1, 0.15) is 42.1 Å². The number of hydrazone groups is 1. The molecule has 0 atom stereocenters. The van der Waals surface area contributed by atoms with Crippen LogP contribution in [0, 0.1) is 5.82 Å². The lowest BCUT2D eigenvalue weighted by Crippen LogP contribution is -2.35. The van der Waals surface area contributed by atoms with E-state index in [1.807, 2.05) is 11.4 Å². The number of nitrogens with zero attached hydrogens (tertiary/aromatic N) is 1. The van der Waals surface area contributed by atoms with E-state index in [-0.39, 0.29) is 31.1 Å². The average Bonchev–Trinajstić information content (AvgIpc) is 3.31. The van der Waals surface area contributed by atoms with Crippen LogP contribution in [0.25, 0.3) is 10.1 Å². The van der Waals surface area contributed by atoms with Gasteiger partial charge in [-0.15, -0.1) is 11.3 Å². The van der Waals surface area contributed by atoms with Crippen molar-refractivity contribution in [2.24, 2.45) is 5.10 Å². The first kappa shape index (κ1) is 26.1. The van der Waals surface area contributed by atoms with Crippen LogP contribution < -0.4 is 20.2 Å². The van der Waals surface area contributed by atoms with E-state index in [0.29, 0.717) is 28.3 Å². The topological polar surface area (TPSA) is 109 Å². The maximum absolute atomic E-state index is 14.1. The summed E-state index contributed by atoms with van der Waals surface area (Å²) in [5, 5.41) is 18.3. The summed E-state index contributed by atoms with van der Waals surface area (Å²) in [5.74, 6) is -0.523. The maximum Gasteiger partial charge on any atom is 0.259 e. The Labute approximate surface area is 206 Å². The van der Waals surface area contributed by atoms with Gasteiger partial charge >= 0.3 is 0 Å². The van der Waals surface area contributed by atoms with Crippen LogP contribution in [0.3, 0.4) is 0 Å². The largest absolute Gasteiger partial charge is 0.493 e. The molecule has 0 unspecified atom stereocenters. The molecule has 0 aliphatic carbocycles. The molecule has 1 heterocycles. The zero-order chi connectivity index (χ0) is 25.2. The molecule has 0 fully saturated rings. The highest BCUT2D eigenvalue weighted by molar-refractivity contribution is 7.17. The van der Waals surface area contributed by atoms with Crippen LogP contribution in [0.4, 0.5) is 4.39 Å². The summed E-state index contributed by atoms with van der Waals surface area (Å²) in [6.07, 6.45) is 2.42. The molecule has 186 valence electrons. The van der Waals surface area contributed by atoms with Gasteiger partial charge in [-0.05, 0) is 37.1 Å². The maximum atomic E-state index is 14.1. The van der Waals surface area contributed by atoms with Crippen LogP contribution >= 0.6 is 11.3 Å². The van der Waals surface area contributed by atoms with Crippen LogP contribution in [-0.4, -0.2) is 49.5 Å². The molecule has 2 aromatic carbocycles. The summed E-state index contributed by atoms with van der Waals surface area (Å²) in [6, 6.07) is 9.48. The molecule has 0 radical (unpaired) electrons. The summed E-state index contributed by atoms with van der Waals surface area (Å²) >= 11 is 1.30. The Morgan fingerprint density at radius 3 is 2.77 bits per heavy atom. The number of ether oxygens (including phenoxy) is 2. The molecule has 2 amide bonds. The fourth-order valence-electron chi connectivity index (χ4n) is 3.36. The fourth-order valence-corrected chi connectivity index (χ4v) is 4.34. The van der Waals surface area contributed by atoms with Gasteiger partial charge in [0.1, 0.15) is 12.4 Å². The minimum absolute atomic E-state index is 0.0962. The second-order valence-electron chi connectivity index (χ2n) is 7.58. The number of methoxy groups -OCH3 is 1. The number of fused-ring (bicyclic) bond motifs is 1. The number of carbonyl (C=O) groups excluding carboxylic acids is 2. The minimum atomic E-state index is -0.493. The molecule has 3 rings (SSSR count). The Balaban J connectivity index is 1.65. The summed E-state index contributed by atoms with van der Waals surface area (Å²) in [4.78, 5) is 24.9. The second kappa shape index (κ2) is 12.8. The summed E-state index contributed by atoms with van der Waals surface area (Å²) < 4.78 is 25.2. The van der Waals surface area contributed by atoms with Gasteiger partial charge in [0, 0.05) is 21.9 Å². The molecule has 35 heavy (non-hydrogen) atoms. The van der Waals surface area contributed by atoms with Gasteiger partial charge in [0.25, 0.3) is 11.8 Å². The third-order valence-electron chi connectivity index (χ3n) is 5.13. The van der Waals surface area contributed by atoms with E-state index in [4.69, 9.17) is 14.6 Å². The Bertz CT molecular complexity index is 1210. The van der Waals surface area contributed by atoms with Gasteiger partial charge in [-0.1, -0.05) is 25.5 Å². The van der Waals surface area contributed by atoms with E-state index >= 15 is 0 Å². The van der Waals surface area contributed by atoms with Crippen molar-refractivity contribution in [2.45, 2.75) is 26.2 Å². The van der Waals surface area contributed by atoms with Crippen molar-refractivity contribution in [3.8, 4) is 11.5 Å². The Morgan fingerprint density at radius 2 is 2.03 bits per heavy atom. The number of unbranched alkanes of at least 4 members (excludes halogenated alkanes) is 1. The summed E-state index contributed by atoms with van der Waals surface area (Å²) in [6.45, 7) is 1.71. The van der Waals surface area contributed by atoms with Crippen molar-refractivity contribution in [1.29, 1.82) is 0 Å². The van der Waals surface area contributed by atoms with Gasteiger partial charge in [0.05, 0.1) is 30.7 Å². The number of thiophene rings is 1. The number of nitrogens with one attached hydrogen (secondary N) is 2. The third kappa shape index (κ3) is 6.77. The quantitative estimate of drug-likeness (QED) is 0.258. The standard InChI is InChI=1S/C25H28FN3O5S/c1-3-4-8-20(18-15-35-24-17(18)6-5-7-19(24)26)28-29-23(31)14-27-25(32)16-9-10-21(34-12-11-30)22(13-16)33-2/h5-7,9-10,13,15,30H,3-4,8,11-12,14H2,1-2H3,(H,27,32)(H,29,31)/b28-20-. The van der Waals surface area contributed by atoms with Gasteiger partial charge in [0.15, 0.2) is 11.5 Å². The average molecular weight is 502 g/mol. The lowest BCUT2D eigenvalue weighted by Gasteiger charge is -2.11. The third-order valence-corrected chi connectivity index (χ3v) is 6.13. The van der Waals surface area contributed by atoms with Crippen LogP contribution in [0.2, 0.25) is 0 Å². The molecule has 0 saturated heterocycles. The highest BCUT2D eigenvalue weighted by Crippen LogP contribution is 2.30. The lowest BCUT2D eigenvalue weighted by molar-refractivity contribution is -0.120. The van der Waals surface area contributed by atoms with E-state index in [0.717, 1.165) is 23.8 Å². The predicted molar refractivity (Wildman–Crippen MR) is 134 cm³/mol. The molecule has 3 aromatic rings. The number of amides is 2. The molecule has 0 aliphatic rings. The monoisotopic (exact) mass is 501 g/mol. The molecule has 10 heteroatoms. The highest BCUT2D eigenvalue weighted by atomic mass is 32.1. The highest BCUT2D eigenvalue weighted by Gasteiger charge is 2.15. The van der Waals surface area contributed by atoms with Crippen molar-refractivity contribution in [3.05, 3.63) is 58.7 Å². The van der Waals surface area contributed by atoms with E-state index in [1.54, 1.807) is 12.1 Å². The molecule has 8 nitrogen and oxygen atoms in total. The summed E-state index contributed by atoms with van der Waals surface area (Å²) in [7, 11) is 1.44. The molecule has 1 aromatic heterocycles. The number of carbonyl (C=O) groups is 2. The van der Waals surface area contributed by atoms with Crippen molar-refractivity contribution < 1.29 is 28.6 Å². The van der Waals surface area contributed by atoms with Gasteiger partial charge in [-0.25, -0.2) is 9.82 Å². The zero-order valence-electron chi connectivity index (χ0n) is 19.6. The molecule has 3 N–H and O–H groups in total. The fraction of sp³-hybridized carbons (Fsp3) is 0.320. The predicted octanol–water partition coefficient (Wildman–Crippen LogP) is 3.86. The number of aliphatic hydroxyl groups is 1. The SMILES string of the molecule is CCCC/C(=N/NC(=O)CNC(=O)c1ccc(OCCO)c(OC)c1)c1csc2c(F)cccc12. The number of hydrogen-bond donors (Lipinski definition) is 3. The van der Waals surface area contributed by atoms with Gasteiger partial charge in [-0.2, -0.15) is 5.10 Å². The van der Waals surface area contributed by atoms with Crippen molar-refractivity contribution >= 4 is 38.9 Å². The smallest absolute Gasteiger partial charge is 0.259 e. The molecule has 0 spiro atoms. The van der Waals surface area contributed by atoms with Crippen molar-refractivity contribution in [3.63, 3.8) is 0 Å². The van der Waals surface area contributed by atoms with Crippen LogP contribution in [0.5, 0.6) is 11.5 Å².